The molecule has 12 nitrogen and oxygen atoms in total. The number of pyridine rings is 4. The maximum atomic E-state index is 13.6. The van der Waals surface area contributed by atoms with Crippen LogP contribution in [0.25, 0.3) is 72.4 Å². The fourth-order valence-corrected chi connectivity index (χ4v) is 6.60. The number of H-pyrrole nitrogens is 1. The monoisotopic (exact) mass is 906 g/mol. The van der Waals surface area contributed by atoms with E-state index in [1.165, 1.54) is 24.8 Å². The molecular weight excluding hydrogens is 864 g/mol. The van der Waals surface area contributed by atoms with Gasteiger partial charge in [0.25, 0.3) is 5.82 Å². The van der Waals surface area contributed by atoms with E-state index in [-0.39, 0.29) is 35.2 Å². The van der Waals surface area contributed by atoms with Gasteiger partial charge < -0.3 is 32.0 Å². The van der Waals surface area contributed by atoms with Crippen LogP contribution in [-0.4, -0.2) is 65.8 Å². The minimum atomic E-state index is -0.468. The van der Waals surface area contributed by atoms with Crippen LogP contribution in [0.5, 0.6) is 0 Å². The first-order valence-corrected chi connectivity index (χ1v) is 20.6. The van der Waals surface area contributed by atoms with Crippen LogP contribution in [0.1, 0.15) is 19.8 Å². The van der Waals surface area contributed by atoms with Crippen molar-refractivity contribution in [3.63, 3.8) is 0 Å². The van der Waals surface area contributed by atoms with Gasteiger partial charge in [-0.2, -0.15) is 6.42 Å². The number of aromatic nitrogens is 8. The average molecular weight is 908 g/mol. The summed E-state index contributed by atoms with van der Waals surface area (Å²) in [6.45, 7) is 13.4. The number of nitrogens with zero attached hydrogens (tertiary/aromatic N) is 8. The number of hydrogen-bond acceptors (Lipinski definition) is 8. The van der Waals surface area contributed by atoms with Gasteiger partial charge in [0, 0.05) is 91.2 Å². The van der Waals surface area contributed by atoms with Crippen molar-refractivity contribution in [1.82, 2.24) is 38.7 Å². The van der Waals surface area contributed by atoms with E-state index in [2.05, 4.69) is 48.6 Å². The first-order valence-electron chi connectivity index (χ1n) is 19.8. The maximum Gasteiger partial charge on any atom is 1.00 e. The van der Waals surface area contributed by atoms with Crippen LogP contribution in [0.15, 0.2) is 135 Å². The summed E-state index contributed by atoms with van der Waals surface area (Å²) >= 11 is 11.9. The third kappa shape index (κ3) is 12.1. The van der Waals surface area contributed by atoms with E-state index in [1.54, 1.807) is 73.9 Å². The van der Waals surface area contributed by atoms with Gasteiger partial charge in [-0.15, -0.1) is 0 Å². The van der Waals surface area contributed by atoms with Crippen molar-refractivity contribution in [2.75, 3.05) is 20.8 Å². The van der Waals surface area contributed by atoms with Crippen molar-refractivity contribution >= 4 is 40.3 Å². The number of benzene rings is 2. The Morgan fingerprint density at radius 1 is 0.738 bits per heavy atom. The summed E-state index contributed by atoms with van der Waals surface area (Å²) in [6.07, 6.45) is 16.1. The first kappa shape index (κ1) is 49.7. The van der Waals surface area contributed by atoms with E-state index in [4.69, 9.17) is 45.0 Å². The molecule has 3 N–H and O–H groups in total. The molecule has 0 fully saturated rings. The standard InChI is InChI=1S/C21H13ClFN5.C19H10ClFN4.C4H11NO2.C4H9.Li/c22-16-10-13(3-5-17(16)23)20-15(2-1-7-24-20)14-4-6-19-27-11-18(28(19)12-14)21-25-8-9-26-21;1-22-18-10-24-17-7-5-13(11-25(17)18)14-3-2-8-23-19(14)12-4-6-16(21)15(20)9-12;1-6-4(3-5)7-2;1-3-4-2;/h1-12H,(H,25,26);2-11H;4H,3,5H2,1-2H3;1,3-4H2,2H3;/q;;;-1;+1. The zero-order valence-electron chi connectivity index (χ0n) is 36.1. The molecule has 9 rings (SSSR count). The Balaban J connectivity index is 0.000000198. The van der Waals surface area contributed by atoms with Crippen molar-refractivity contribution in [3.8, 4) is 56.3 Å². The fourth-order valence-electron chi connectivity index (χ4n) is 6.24. The van der Waals surface area contributed by atoms with Crippen LogP contribution in [0.3, 0.4) is 0 Å². The molecule has 0 aliphatic carbocycles. The van der Waals surface area contributed by atoms with Crippen molar-refractivity contribution in [1.29, 1.82) is 0 Å². The molecule has 0 amide bonds. The summed E-state index contributed by atoms with van der Waals surface area (Å²) in [6, 6.07) is 24.4. The summed E-state index contributed by atoms with van der Waals surface area (Å²) in [5, 5.41) is 0.119. The van der Waals surface area contributed by atoms with Crippen molar-refractivity contribution in [3.05, 3.63) is 175 Å². The third-order valence-corrected chi connectivity index (χ3v) is 10.1. The van der Waals surface area contributed by atoms with E-state index >= 15 is 0 Å². The Hall–Kier alpha value is -6.26. The van der Waals surface area contributed by atoms with Crippen molar-refractivity contribution < 1.29 is 37.1 Å². The molecule has 9 aromatic rings. The molecule has 7 heterocycles. The second kappa shape index (κ2) is 24.1. The molecule has 0 radical (unpaired) electrons. The second-order valence-electron chi connectivity index (χ2n) is 13.6. The molecule has 2 aromatic carbocycles. The minimum absolute atomic E-state index is 0. The number of nitrogens with two attached hydrogens (primary N) is 1. The molecule has 7 aromatic heterocycles. The van der Waals surface area contributed by atoms with Crippen molar-refractivity contribution in [2.45, 2.75) is 26.1 Å². The number of unbranched alkanes of at least 4 members (excludes halogenated alkanes) is 1. The molecule has 0 saturated heterocycles. The number of hydrogen-bond donors (Lipinski definition) is 2. The van der Waals surface area contributed by atoms with Crippen LogP contribution in [-0.2, 0) is 9.47 Å². The quantitative estimate of drug-likeness (QED) is 0.0833. The van der Waals surface area contributed by atoms with Gasteiger partial charge in [0.2, 0.25) is 5.65 Å². The molecule has 0 atom stereocenters. The molecule has 0 spiro atoms. The topological polar surface area (TPSA) is 138 Å². The maximum absolute atomic E-state index is 13.6. The number of nitrogens with one attached hydrogen (secondary N) is 1. The molecule has 0 unspecified atom stereocenters. The molecule has 65 heavy (non-hydrogen) atoms. The van der Waals surface area contributed by atoms with E-state index in [0.717, 1.165) is 62.7 Å². The fraction of sp³-hybridized carbons (Fsp3) is 0.146. The van der Waals surface area contributed by atoms with Crippen LogP contribution in [0, 0.1) is 25.1 Å². The number of imidazole rings is 3. The van der Waals surface area contributed by atoms with Gasteiger partial charge >= 0.3 is 18.9 Å². The summed E-state index contributed by atoms with van der Waals surface area (Å²) in [5.74, 6) is 0.253. The van der Waals surface area contributed by atoms with Gasteiger partial charge in [-0.1, -0.05) is 55.3 Å². The Bertz CT molecular complexity index is 2980. The molecule has 0 bridgehead atoms. The number of aromatic amines is 1. The molecule has 0 aliphatic heterocycles. The van der Waals surface area contributed by atoms with Crippen LogP contribution >= 0.6 is 23.2 Å². The molecule has 326 valence electrons. The zero-order valence-corrected chi connectivity index (χ0v) is 37.6. The van der Waals surface area contributed by atoms with Crippen molar-refractivity contribution in [2.24, 2.45) is 5.73 Å². The number of fused-ring (bicyclic) bond motifs is 2. The summed E-state index contributed by atoms with van der Waals surface area (Å²) in [4.78, 5) is 28.5. The van der Waals surface area contributed by atoms with E-state index in [0.29, 0.717) is 23.7 Å². The summed E-state index contributed by atoms with van der Waals surface area (Å²) in [7, 11) is 3.11. The first-order chi connectivity index (χ1) is 31.1. The Morgan fingerprint density at radius 3 is 1.69 bits per heavy atom. The number of methoxy groups -OCH3 is 2. The van der Waals surface area contributed by atoms with Crippen LogP contribution in [0.4, 0.5) is 14.6 Å². The molecule has 17 heteroatoms. The predicted molar refractivity (Wildman–Crippen MR) is 249 cm³/mol. The van der Waals surface area contributed by atoms with Gasteiger partial charge in [0.1, 0.15) is 23.0 Å². The zero-order chi connectivity index (χ0) is 45.6. The number of rotatable bonds is 9. The van der Waals surface area contributed by atoms with E-state index in [1.807, 2.05) is 65.3 Å². The molecule has 0 saturated carbocycles. The Morgan fingerprint density at radius 2 is 1.25 bits per heavy atom. The van der Waals surface area contributed by atoms with Gasteiger partial charge in [0.05, 0.1) is 40.0 Å². The van der Waals surface area contributed by atoms with Gasteiger partial charge in [-0.25, -0.2) is 28.1 Å². The molecular formula is C48H43Cl2F2LiN10O2. The van der Waals surface area contributed by atoms with Gasteiger partial charge in [-0.05, 0) is 66.7 Å². The smallest absolute Gasteiger partial charge is 0.362 e. The number of halogens is 4. The predicted octanol–water partition coefficient (Wildman–Crippen LogP) is 8.84. The summed E-state index contributed by atoms with van der Waals surface area (Å²) < 4.78 is 40.2. The largest absolute Gasteiger partial charge is 1.00 e. The van der Waals surface area contributed by atoms with Crippen LogP contribution < -0.4 is 24.6 Å². The van der Waals surface area contributed by atoms with E-state index in [9.17, 15) is 8.78 Å². The average Bonchev–Trinajstić information content (AvgIpc) is 4.12. The Labute approximate surface area is 397 Å². The minimum Gasteiger partial charge on any atom is -0.362 e. The third-order valence-electron chi connectivity index (χ3n) is 9.54. The summed E-state index contributed by atoms with van der Waals surface area (Å²) in [5.41, 5.74) is 14.0. The van der Waals surface area contributed by atoms with Gasteiger partial charge in [0.15, 0.2) is 12.1 Å². The molecule has 0 aliphatic rings. The second-order valence-corrected chi connectivity index (χ2v) is 14.5. The van der Waals surface area contributed by atoms with Crippen LogP contribution in [0.2, 0.25) is 10.0 Å². The SMILES string of the molecule is COC(CN)OC.Fc1ccc(-c2ncccc2-c2ccc3ncc(-c4ncc[nH]4)n3c2)cc1Cl.[C-]#[N+]c1cnc2ccc(-c3cccnc3-c3ccc(F)c(Cl)c3)cn12.[CH2-]CCC.[Li+]. The van der Waals surface area contributed by atoms with E-state index < -0.39 is 11.6 Å². The normalized spacial score (nSPS) is 10.5. The Kier molecular flexibility index (Phi) is 18.5. The van der Waals surface area contributed by atoms with Gasteiger partial charge in [-0.3, -0.25) is 14.4 Å². The number of ether oxygens (including phenoxy) is 2.